The van der Waals surface area contributed by atoms with Gasteiger partial charge in [-0.1, -0.05) is 29.3 Å². The van der Waals surface area contributed by atoms with Gasteiger partial charge in [0.25, 0.3) is 0 Å². The van der Waals surface area contributed by atoms with Gasteiger partial charge in [0, 0.05) is 23.2 Å². The van der Waals surface area contributed by atoms with Gasteiger partial charge in [-0.15, -0.1) is 0 Å². The number of ether oxygens (including phenoxy) is 2. The number of aromatic nitrogens is 1. The fourth-order valence-electron chi connectivity index (χ4n) is 3.58. The zero-order chi connectivity index (χ0) is 24.3. The summed E-state index contributed by atoms with van der Waals surface area (Å²) in [5.74, 6) is -1.67. The molecule has 1 aromatic heterocycles. The maximum absolute atomic E-state index is 14.9. The Kier molecular flexibility index (Phi) is 7.64. The summed E-state index contributed by atoms with van der Waals surface area (Å²) < 4.78 is 67.1. The van der Waals surface area contributed by atoms with Crippen molar-refractivity contribution in [3.05, 3.63) is 99.3 Å². The van der Waals surface area contributed by atoms with E-state index in [1.807, 2.05) is 0 Å². The van der Waals surface area contributed by atoms with Crippen LogP contribution in [0.1, 0.15) is 28.5 Å². The molecule has 0 saturated carbocycles. The van der Waals surface area contributed by atoms with Crippen molar-refractivity contribution in [2.75, 3.05) is 13.2 Å². The molecule has 2 aromatic carbocycles. The van der Waals surface area contributed by atoms with Crippen LogP contribution in [0.4, 0.5) is 8.78 Å². The largest absolute Gasteiger partial charge is 0.350 e. The van der Waals surface area contributed by atoms with Gasteiger partial charge in [-0.25, -0.2) is 17.2 Å². The van der Waals surface area contributed by atoms with Gasteiger partial charge in [-0.3, -0.25) is 4.98 Å². The topological polar surface area (TPSA) is 65.5 Å². The molecule has 0 amide bonds. The average Bonchev–Trinajstić information content (AvgIpc) is 3.32. The van der Waals surface area contributed by atoms with E-state index in [9.17, 15) is 17.2 Å². The summed E-state index contributed by atoms with van der Waals surface area (Å²) in [4.78, 5) is 4.09. The summed E-state index contributed by atoms with van der Waals surface area (Å²) in [5.41, 5.74) is 0.0698. The molecule has 1 aliphatic heterocycles. The lowest BCUT2D eigenvalue weighted by molar-refractivity contribution is -0.0379. The van der Waals surface area contributed by atoms with E-state index < -0.39 is 26.7 Å². The molecule has 0 spiro atoms. The summed E-state index contributed by atoms with van der Waals surface area (Å²) >= 11 is 12.3. The minimum absolute atomic E-state index is 0.00851. The lowest BCUT2D eigenvalue weighted by atomic mass is 10.0. The summed E-state index contributed by atoms with van der Waals surface area (Å²) in [6.07, 6.45) is 4.80. The Morgan fingerprint density at radius 1 is 1.03 bits per heavy atom. The minimum atomic E-state index is -4.28. The molecule has 34 heavy (non-hydrogen) atoms. The molecule has 1 unspecified atom stereocenters. The first-order valence-electron chi connectivity index (χ1n) is 10.3. The van der Waals surface area contributed by atoms with Crippen LogP contribution in [-0.2, 0) is 19.3 Å². The van der Waals surface area contributed by atoms with Crippen LogP contribution in [0.5, 0.6) is 0 Å². The van der Waals surface area contributed by atoms with Gasteiger partial charge in [0.2, 0.25) is 0 Å². The first-order chi connectivity index (χ1) is 16.3. The van der Waals surface area contributed by atoms with Crippen LogP contribution >= 0.6 is 23.2 Å². The Bertz CT molecular complexity index is 1310. The van der Waals surface area contributed by atoms with Gasteiger partial charge in [0.1, 0.15) is 16.9 Å². The molecule has 0 bridgehead atoms. The van der Waals surface area contributed by atoms with E-state index in [0.717, 1.165) is 18.2 Å². The zero-order valence-corrected chi connectivity index (χ0v) is 20.0. The maximum Gasteiger partial charge on any atom is 0.189 e. The summed E-state index contributed by atoms with van der Waals surface area (Å²) in [6, 6.07) is 9.52. The molecule has 0 aliphatic carbocycles. The summed E-state index contributed by atoms with van der Waals surface area (Å²) in [7, 11) is -4.28. The Hall–Kier alpha value is -2.36. The van der Waals surface area contributed by atoms with Crippen molar-refractivity contribution in [2.24, 2.45) is 0 Å². The van der Waals surface area contributed by atoms with Crippen molar-refractivity contribution in [3.8, 4) is 0 Å². The van der Waals surface area contributed by atoms with Gasteiger partial charge in [-0.2, -0.15) is 0 Å². The zero-order valence-electron chi connectivity index (χ0n) is 17.6. The highest BCUT2D eigenvalue weighted by Crippen LogP contribution is 2.40. The molecular formula is C24H19Cl2F2NO4S. The molecule has 1 saturated heterocycles. The average molecular weight is 526 g/mol. The van der Waals surface area contributed by atoms with E-state index in [1.165, 1.54) is 36.5 Å². The molecule has 3 aromatic rings. The Morgan fingerprint density at radius 2 is 1.74 bits per heavy atom. The maximum atomic E-state index is 14.9. The third-order valence-electron chi connectivity index (χ3n) is 5.19. The van der Waals surface area contributed by atoms with Crippen LogP contribution in [0.25, 0.3) is 6.08 Å². The van der Waals surface area contributed by atoms with Gasteiger partial charge in [0.15, 0.2) is 16.1 Å². The molecule has 10 heteroatoms. The van der Waals surface area contributed by atoms with Gasteiger partial charge in [-0.05, 0) is 60.2 Å². The number of pyridine rings is 1. The molecule has 5 nitrogen and oxygen atoms in total. The second kappa shape index (κ2) is 10.5. The number of hydrogen-bond donors (Lipinski definition) is 0. The molecule has 178 valence electrons. The van der Waals surface area contributed by atoms with Crippen molar-refractivity contribution in [1.82, 2.24) is 4.98 Å². The van der Waals surface area contributed by atoms with E-state index in [2.05, 4.69) is 4.98 Å². The fraction of sp³-hybridized carbons (Fsp3) is 0.208. The third kappa shape index (κ3) is 5.47. The molecule has 4 rings (SSSR count). The first kappa shape index (κ1) is 24.8. The number of halogens is 4. The molecular weight excluding hydrogens is 507 g/mol. The van der Waals surface area contributed by atoms with Crippen molar-refractivity contribution >= 4 is 39.1 Å². The molecule has 1 atom stereocenters. The van der Waals surface area contributed by atoms with Gasteiger partial charge >= 0.3 is 0 Å². The fourth-order valence-corrected chi connectivity index (χ4v) is 5.82. The molecule has 0 radical (unpaired) electrons. The smallest absolute Gasteiger partial charge is 0.189 e. The lowest BCUT2D eigenvalue weighted by Crippen LogP contribution is -2.18. The normalized spacial score (nSPS) is 15.8. The molecule has 2 heterocycles. The lowest BCUT2D eigenvalue weighted by Gasteiger charge is -2.21. The van der Waals surface area contributed by atoms with Crippen molar-refractivity contribution in [3.63, 3.8) is 0 Å². The number of rotatable bonds is 7. The van der Waals surface area contributed by atoms with Crippen LogP contribution in [0.3, 0.4) is 0 Å². The van der Waals surface area contributed by atoms with Crippen LogP contribution in [0, 0.1) is 11.6 Å². The van der Waals surface area contributed by atoms with Crippen LogP contribution in [0.15, 0.2) is 65.7 Å². The molecule has 0 N–H and O–H groups in total. The highest BCUT2D eigenvalue weighted by molar-refractivity contribution is 7.92. The SMILES string of the molecule is O=S(=O)(c1ccc(Cl)cc1)C(c1cc(F)ccc1F)c1cc(/C=C/CC2OCCO2)ncc1Cl. The highest BCUT2D eigenvalue weighted by Gasteiger charge is 2.35. The van der Waals surface area contributed by atoms with E-state index in [-0.39, 0.29) is 27.3 Å². The first-order valence-corrected chi connectivity index (χ1v) is 12.6. The second-order valence-corrected chi connectivity index (χ2v) is 10.4. The van der Waals surface area contributed by atoms with Crippen molar-refractivity contribution < 1.29 is 26.7 Å². The van der Waals surface area contributed by atoms with E-state index >= 15 is 0 Å². The van der Waals surface area contributed by atoms with Crippen LogP contribution in [-0.4, -0.2) is 32.9 Å². The number of nitrogens with zero attached hydrogens (tertiary/aromatic N) is 1. The predicted molar refractivity (Wildman–Crippen MR) is 125 cm³/mol. The Labute approximate surface area is 205 Å². The highest BCUT2D eigenvalue weighted by atomic mass is 35.5. The second-order valence-electron chi connectivity index (χ2n) is 7.48. The quantitative estimate of drug-likeness (QED) is 0.378. The van der Waals surface area contributed by atoms with E-state index in [0.29, 0.717) is 30.4 Å². The Morgan fingerprint density at radius 3 is 2.44 bits per heavy atom. The summed E-state index contributed by atoms with van der Waals surface area (Å²) in [5, 5.41) is -1.31. The van der Waals surface area contributed by atoms with E-state index in [4.69, 9.17) is 32.7 Å². The summed E-state index contributed by atoms with van der Waals surface area (Å²) in [6.45, 7) is 1.04. The van der Waals surface area contributed by atoms with Crippen LogP contribution in [0.2, 0.25) is 10.0 Å². The number of hydrogen-bond acceptors (Lipinski definition) is 5. The van der Waals surface area contributed by atoms with Gasteiger partial charge in [0.05, 0.1) is 28.8 Å². The van der Waals surface area contributed by atoms with Crippen molar-refractivity contribution in [2.45, 2.75) is 22.9 Å². The molecule has 1 fully saturated rings. The van der Waals surface area contributed by atoms with Crippen LogP contribution < -0.4 is 0 Å². The number of sulfone groups is 1. The third-order valence-corrected chi connectivity index (χ3v) is 7.82. The van der Waals surface area contributed by atoms with Crippen molar-refractivity contribution in [1.29, 1.82) is 0 Å². The Balaban J connectivity index is 1.81. The standard InChI is InChI=1S/C24H19Cl2F2NO4S/c25-15-4-7-18(8-5-15)34(30,31)24(20-12-16(27)6-9-22(20)28)19-13-17(29-14-21(19)26)2-1-3-23-32-10-11-33-23/h1-2,4-9,12-14,23-24H,3,10-11H2/b2-1+. The van der Waals surface area contributed by atoms with Gasteiger partial charge < -0.3 is 9.47 Å². The number of benzene rings is 2. The molecule has 1 aliphatic rings. The predicted octanol–water partition coefficient (Wildman–Crippen LogP) is 6.01. The van der Waals surface area contributed by atoms with E-state index in [1.54, 1.807) is 12.2 Å². The minimum Gasteiger partial charge on any atom is -0.350 e. The monoisotopic (exact) mass is 525 g/mol.